The zero-order valence-electron chi connectivity index (χ0n) is 18.8. The summed E-state index contributed by atoms with van der Waals surface area (Å²) in [6.07, 6.45) is 2.25. The summed E-state index contributed by atoms with van der Waals surface area (Å²) in [6, 6.07) is 13.3. The Morgan fingerprint density at radius 2 is 1.87 bits per heavy atom. The molecule has 0 saturated heterocycles. The predicted molar refractivity (Wildman–Crippen MR) is 120 cm³/mol. The standard InChI is InChI=1S/C24H30FN5O/c1-15(2)31-22-13-9-18(24-26-28-30(5)27-24)14-21(22)29(4)20-12-6-16(3)23(20)17-7-10-19(25)11-8-17/h7-11,13-16,20,23H,6,12H2,1-5H3/t16?,20-,23-/m0/s1. The molecule has 1 heterocycles. The van der Waals surface area contributed by atoms with E-state index in [0.717, 1.165) is 29.8 Å². The van der Waals surface area contributed by atoms with Gasteiger partial charge in [-0.25, -0.2) is 4.39 Å². The quantitative estimate of drug-likeness (QED) is 0.569. The van der Waals surface area contributed by atoms with Gasteiger partial charge in [0.05, 0.1) is 18.8 Å². The van der Waals surface area contributed by atoms with Crippen LogP contribution in [0.5, 0.6) is 5.75 Å². The molecule has 0 amide bonds. The maximum absolute atomic E-state index is 13.5. The van der Waals surface area contributed by atoms with E-state index in [1.165, 1.54) is 10.4 Å². The van der Waals surface area contributed by atoms with Crippen molar-refractivity contribution in [3.05, 3.63) is 53.8 Å². The number of ether oxygens (including phenoxy) is 1. The van der Waals surface area contributed by atoms with Crippen molar-refractivity contribution < 1.29 is 9.13 Å². The van der Waals surface area contributed by atoms with E-state index in [9.17, 15) is 4.39 Å². The lowest BCUT2D eigenvalue weighted by molar-refractivity contribution is 0.242. The van der Waals surface area contributed by atoms with E-state index in [1.807, 2.05) is 38.1 Å². The molecule has 1 saturated carbocycles. The summed E-state index contributed by atoms with van der Waals surface area (Å²) < 4.78 is 19.7. The van der Waals surface area contributed by atoms with Crippen molar-refractivity contribution in [2.45, 2.75) is 51.7 Å². The first-order chi connectivity index (χ1) is 14.8. The Morgan fingerprint density at radius 3 is 2.52 bits per heavy atom. The molecule has 1 aliphatic rings. The lowest BCUT2D eigenvalue weighted by Crippen LogP contribution is -2.35. The maximum Gasteiger partial charge on any atom is 0.204 e. The molecule has 1 aromatic heterocycles. The largest absolute Gasteiger partial charge is 0.489 e. The Hall–Kier alpha value is -2.96. The molecular formula is C24H30FN5O. The van der Waals surface area contributed by atoms with Gasteiger partial charge < -0.3 is 9.64 Å². The van der Waals surface area contributed by atoms with Crippen LogP contribution in [-0.4, -0.2) is 39.4 Å². The van der Waals surface area contributed by atoms with Crippen molar-refractivity contribution in [1.29, 1.82) is 0 Å². The first kappa shape index (κ1) is 21.3. The van der Waals surface area contributed by atoms with Crippen LogP contribution in [0, 0.1) is 11.7 Å². The number of benzene rings is 2. The van der Waals surface area contributed by atoms with E-state index < -0.39 is 0 Å². The normalized spacial score (nSPS) is 20.9. The summed E-state index contributed by atoms with van der Waals surface area (Å²) in [7, 11) is 3.88. The molecule has 4 rings (SSSR count). The van der Waals surface area contributed by atoms with E-state index in [1.54, 1.807) is 19.2 Å². The van der Waals surface area contributed by atoms with Gasteiger partial charge in [0, 0.05) is 24.6 Å². The van der Waals surface area contributed by atoms with Gasteiger partial charge in [0.15, 0.2) is 0 Å². The molecule has 0 radical (unpaired) electrons. The van der Waals surface area contributed by atoms with E-state index in [2.05, 4.69) is 40.3 Å². The number of hydrogen-bond donors (Lipinski definition) is 0. The average molecular weight is 424 g/mol. The Morgan fingerprint density at radius 1 is 1.13 bits per heavy atom. The van der Waals surface area contributed by atoms with E-state index in [0.29, 0.717) is 17.7 Å². The average Bonchev–Trinajstić information content (AvgIpc) is 3.34. The smallest absolute Gasteiger partial charge is 0.204 e. The molecule has 1 aliphatic carbocycles. The first-order valence-electron chi connectivity index (χ1n) is 10.9. The van der Waals surface area contributed by atoms with Crippen molar-refractivity contribution in [2.24, 2.45) is 13.0 Å². The third-order valence-electron chi connectivity index (χ3n) is 6.17. The fraction of sp³-hybridized carbons (Fsp3) is 0.458. The van der Waals surface area contributed by atoms with Crippen molar-refractivity contribution >= 4 is 5.69 Å². The van der Waals surface area contributed by atoms with Gasteiger partial charge in [-0.1, -0.05) is 19.1 Å². The molecule has 7 heteroatoms. The van der Waals surface area contributed by atoms with Gasteiger partial charge in [0.2, 0.25) is 5.82 Å². The highest BCUT2D eigenvalue weighted by Crippen LogP contribution is 2.45. The number of nitrogens with zero attached hydrogens (tertiary/aromatic N) is 5. The van der Waals surface area contributed by atoms with Gasteiger partial charge in [0.1, 0.15) is 11.6 Å². The Kier molecular flexibility index (Phi) is 5.94. The Balaban J connectivity index is 1.72. The minimum absolute atomic E-state index is 0.0584. The number of anilines is 1. The minimum atomic E-state index is -0.198. The monoisotopic (exact) mass is 423 g/mol. The summed E-state index contributed by atoms with van der Waals surface area (Å²) in [5, 5.41) is 12.5. The number of tetrazole rings is 1. The molecule has 3 aromatic rings. The summed E-state index contributed by atoms with van der Waals surface area (Å²) >= 11 is 0. The zero-order chi connectivity index (χ0) is 22.1. The van der Waals surface area contributed by atoms with Gasteiger partial charge in [-0.2, -0.15) is 4.80 Å². The number of hydrogen-bond acceptors (Lipinski definition) is 5. The molecule has 164 valence electrons. The molecule has 2 aromatic carbocycles. The van der Waals surface area contributed by atoms with Crippen molar-refractivity contribution in [2.75, 3.05) is 11.9 Å². The van der Waals surface area contributed by atoms with Crippen molar-refractivity contribution in [3.63, 3.8) is 0 Å². The van der Waals surface area contributed by atoms with Crippen LogP contribution in [0.4, 0.5) is 10.1 Å². The van der Waals surface area contributed by atoms with Crippen LogP contribution in [0.25, 0.3) is 11.4 Å². The molecule has 0 aliphatic heterocycles. The molecule has 1 fully saturated rings. The van der Waals surface area contributed by atoms with Crippen LogP contribution < -0.4 is 9.64 Å². The van der Waals surface area contributed by atoms with Gasteiger partial charge in [0.25, 0.3) is 0 Å². The molecule has 1 unspecified atom stereocenters. The molecule has 3 atom stereocenters. The number of likely N-dealkylation sites (N-methyl/N-ethyl adjacent to an activating group) is 1. The number of aryl methyl sites for hydroxylation is 1. The van der Waals surface area contributed by atoms with Crippen LogP contribution in [0.3, 0.4) is 0 Å². The molecule has 0 bridgehead atoms. The second-order valence-electron chi connectivity index (χ2n) is 8.76. The van der Waals surface area contributed by atoms with Crippen molar-refractivity contribution in [1.82, 2.24) is 20.2 Å². The van der Waals surface area contributed by atoms with Crippen LogP contribution in [0.1, 0.15) is 45.1 Å². The highest BCUT2D eigenvalue weighted by atomic mass is 19.1. The molecule has 6 nitrogen and oxygen atoms in total. The van der Waals surface area contributed by atoms with Gasteiger partial charge >= 0.3 is 0 Å². The van der Waals surface area contributed by atoms with Gasteiger partial charge in [-0.05, 0) is 73.7 Å². The van der Waals surface area contributed by atoms with Crippen LogP contribution >= 0.6 is 0 Å². The third-order valence-corrected chi connectivity index (χ3v) is 6.17. The second kappa shape index (κ2) is 8.65. The van der Waals surface area contributed by atoms with Gasteiger partial charge in [-0.15, -0.1) is 10.2 Å². The summed E-state index contributed by atoms with van der Waals surface area (Å²) in [5.41, 5.74) is 3.08. The van der Waals surface area contributed by atoms with Gasteiger partial charge in [-0.3, -0.25) is 0 Å². The van der Waals surface area contributed by atoms with Crippen LogP contribution in [0.15, 0.2) is 42.5 Å². The second-order valence-corrected chi connectivity index (χ2v) is 8.76. The fourth-order valence-corrected chi connectivity index (χ4v) is 4.71. The minimum Gasteiger partial charge on any atom is -0.489 e. The zero-order valence-corrected chi connectivity index (χ0v) is 18.8. The maximum atomic E-state index is 13.5. The van der Waals surface area contributed by atoms with E-state index >= 15 is 0 Å². The molecule has 0 N–H and O–H groups in total. The highest BCUT2D eigenvalue weighted by molar-refractivity contribution is 5.69. The number of aromatic nitrogens is 4. The number of rotatable bonds is 6. The SMILES string of the molecule is CC(C)Oc1ccc(-c2nnn(C)n2)cc1N(C)[C@H]1CCC(C)[C@H]1c1ccc(F)cc1. The predicted octanol–water partition coefficient (Wildman–Crippen LogP) is 4.82. The van der Waals surface area contributed by atoms with E-state index in [4.69, 9.17) is 4.74 Å². The lowest BCUT2D eigenvalue weighted by Gasteiger charge is -2.34. The third kappa shape index (κ3) is 4.40. The Labute approximate surface area is 183 Å². The Bertz CT molecular complexity index is 1030. The summed E-state index contributed by atoms with van der Waals surface area (Å²) in [4.78, 5) is 3.77. The fourth-order valence-electron chi connectivity index (χ4n) is 4.71. The molecular weight excluding hydrogens is 393 g/mol. The van der Waals surface area contributed by atoms with Crippen LogP contribution in [-0.2, 0) is 7.05 Å². The van der Waals surface area contributed by atoms with E-state index in [-0.39, 0.29) is 18.0 Å². The lowest BCUT2D eigenvalue weighted by atomic mass is 9.87. The van der Waals surface area contributed by atoms with Crippen molar-refractivity contribution in [3.8, 4) is 17.1 Å². The molecule has 0 spiro atoms. The first-order valence-corrected chi connectivity index (χ1v) is 10.9. The highest BCUT2D eigenvalue weighted by Gasteiger charge is 2.38. The number of halogens is 1. The van der Waals surface area contributed by atoms with Crippen LogP contribution in [0.2, 0.25) is 0 Å². The summed E-state index contributed by atoms with van der Waals surface area (Å²) in [6.45, 7) is 6.34. The summed E-state index contributed by atoms with van der Waals surface area (Å²) in [5.74, 6) is 2.05. The topological polar surface area (TPSA) is 56.1 Å². The molecule has 31 heavy (non-hydrogen) atoms.